The second kappa shape index (κ2) is 5.63. The third kappa shape index (κ3) is 2.19. The lowest BCUT2D eigenvalue weighted by molar-refractivity contribution is -0.193. The highest BCUT2D eigenvalue weighted by molar-refractivity contribution is 6.05. The Bertz CT molecular complexity index is 442. The molecule has 0 radical (unpaired) electrons. The highest BCUT2D eigenvalue weighted by Gasteiger charge is 2.69. The molecule has 1 aliphatic heterocycles. The Labute approximate surface area is 122 Å². The molecule has 0 amide bonds. The molecule has 2 rings (SSSR count). The number of rotatable bonds is 3. The molecule has 2 fully saturated rings. The molecule has 0 aromatic carbocycles. The lowest BCUT2D eigenvalue weighted by atomic mass is 9.81. The van der Waals surface area contributed by atoms with E-state index >= 15 is 0 Å². The van der Waals surface area contributed by atoms with Crippen molar-refractivity contribution in [2.45, 2.75) is 31.5 Å². The first-order valence-corrected chi connectivity index (χ1v) is 6.84. The molecule has 1 saturated carbocycles. The summed E-state index contributed by atoms with van der Waals surface area (Å²) in [6.07, 6.45) is 0.311. The fourth-order valence-corrected chi connectivity index (χ4v) is 3.64. The average molecular weight is 300 g/mol. The number of fused-ring (bicyclic) bond motifs is 1. The van der Waals surface area contributed by atoms with Crippen molar-refractivity contribution in [1.29, 1.82) is 0 Å². The van der Waals surface area contributed by atoms with Gasteiger partial charge in [-0.25, -0.2) is 14.4 Å². The summed E-state index contributed by atoms with van der Waals surface area (Å²) >= 11 is 0. The first-order valence-electron chi connectivity index (χ1n) is 6.84. The normalized spacial score (nSPS) is 33.1. The van der Waals surface area contributed by atoms with Gasteiger partial charge in [-0.3, -0.25) is 0 Å². The Hall–Kier alpha value is -1.63. The second-order valence-electron chi connectivity index (χ2n) is 5.63. The van der Waals surface area contributed by atoms with Crippen LogP contribution in [0.3, 0.4) is 0 Å². The van der Waals surface area contributed by atoms with Crippen LogP contribution in [0.15, 0.2) is 0 Å². The number of methoxy groups -OCH3 is 3. The Kier molecular flexibility index (Phi) is 4.22. The molecule has 4 atom stereocenters. The van der Waals surface area contributed by atoms with Gasteiger partial charge in [0.2, 0.25) is 0 Å². The van der Waals surface area contributed by atoms with Crippen LogP contribution < -0.4 is 0 Å². The van der Waals surface area contributed by atoms with Crippen LogP contribution in [-0.4, -0.2) is 50.9 Å². The fraction of sp³-hybridized carbons (Fsp3) is 0.786. The van der Waals surface area contributed by atoms with E-state index in [1.807, 2.05) is 6.92 Å². The van der Waals surface area contributed by atoms with Gasteiger partial charge in [-0.2, -0.15) is 0 Å². The van der Waals surface area contributed by atoms with Crippen LogP contribution in [0.5, 0.6) is 0 Å². The molecule has 0 spiro atoms. The van der Waals surface area contributed by atoms with Gasteiger partial charge in [0.15, 0.2) is 6.10 Å². The van der Waals surface area contributed by atoms with Crippen molar-refractivity contribution in [3.05, 3.63) is 0 Å². The van der Waals surface area contributed by atoms with Crippen LogP contribution in [0.25, 0.3) is 0 Å². The maximum Gasteiger partial charge on any atom is 0.350 e. The number of carbonyl (C=O) groups excluding carboxylic acids is 3. The van der Waals surface area contributed by atoms with Gasteiger partial charge >= 0.3 is 17.9 Å². The summed E-state index contributed by atoms with van der Waals surface area (Å²) in [4.78, 5) is 36.4. The number of hydrogen-bond acceptors (Lipinski definition) is 7. The van der Waals surface area contributed by atoms with Crippen molar-refractivity contribution < 1.29 is 33.3 Å². The SMILES string of the molecule is COC(=O)[C@@H]1OC(C(=O)OC)(C(=O)OC)[C@@H]2CC(C)C[C@@H]21. The highest BCUT2D eigenvalue weighted by Crippen LogP contribution is 2.53. The predicted molar refractivity (Wildman–Crippen MR) is 69.0 cm³/mol. The van der Waals surface area contributed by atoms with E-state index in [-0.39, 0.29) is 11.8 Å². The van der Waals surface area contributed by atoms with Gasteiger partial charge in [0.25, 0.3) is 5.60 Å². The molecule has 1 unspecified atom stereocenters. The lowest BCUT2D eigenvalue weighted by Gasteiger charge is -2.28. The van der Waals surface area contributed by atoms with Crippen molar-refractivity contribution in [3.8, 4) is 0 Å². The monoisotopic (exact) mass is 300 g/mol. The third-order valence-corrected chi connectivity index (χ3v) is 4.48. The van der Waals surface area contributed by atoms with Gasteiger partial charge in [-0.1, -0.05) is 6.92 Å². The molecule has 7 heteroatoms. The highest BCUT2D eigenvalue weighted by atomic mass is 16.6. The van der Waals surface area contributed by atoms with Gasteiger partial charge in [-0.15, -0.1) is 0 Å². The van der Waals surface area contributed by atoms with E-state index in [1.165, 1.54) is 21.3 Å². The molecular weight excluding hydrogens is 280 g/mol. The van der Waals surface area contributed by atoms with Crippen LogP contribution in [0, 0.1) is 17.8 Å². The molecule has 7 nitrogen and oxygen atoms in total. The zero-order chi connectivity index (χ0) is 15.8. The molecule has 0 aromatic heterocycles. The number of esters is 3. The van der Waals surface area contributed by atoms with Gasteiger partial charge in [0, 0.05) is 11.8 Å². The standard InChI is InChI=1S/C14H20O7/c1-7-5-8-9(6-7)14(12(16)19-3,13(17)20-4)21-10(8)11(15)18-2/h7-10H,5-6H2,1-4H3/t7?,8-,9+,10+/m0/s1. The Balaban J connectivity index is 2.47. The Morgan fingerprint density at radius 2 is 1.57 bits per heavy atom. The van der Waals surface area contributed by atoms with Crippen LogP contribution >= 0.6 is 0 Å². The van der Waals surface area contributed by atoms with Gasteiger partial charge in [0.1, 0.15) is 0 Å². The topological polar surface area (TPSA) is 88.1 Å². The largest absolute Gasteiger partial charge is 0.467 e. The van der Waals surface area contributed by atoms with Gasteiger partial charge in [0.05, 0.1) is 21.3 Å². The molecular formula is C14H20O7. The minimum absolute atomic E-state index is 0.259. The van der Waals surface area contributed by atoms with E-state index < -0.39 is 35.5 Å². The van der Waals surface area contributed by atoms with E-state index in [4.69, 9.17) is 18.9 Å². The van der Waals surface area contributed by atoms with E-state index in [1.54, 1.807) is 0 Å². The molecule has 0 bridgehead atoms. The van der Waals surface area contributed by atoms with E-state index in [2.05, 4.69) is 0 Å². The quantitative estimate of drug-likeness (QED) is 0.421. The summed E-state index contributed by atoms with van der Waals surface area (Å²) in [7, 11) is 3.60. The third-order valence-electron chi connectivity index (χ3n) is 4.48. The fourth-order valence-electron chi connectivity index (χ4n) is 3.64. The molecule has 1 heterocycles. The molecule has 0 N–H and O–H groups in total. The maximum atomic E-state index is 12.2. The van der Waals surface area contributed by atoms with E-state index in [9.17, 15) is 14.4 Å². The predicted octanol–water partition coefficient (Wildman–Crippen LogP) is 0.305. The van der Waals surface area contributed by atoms with E-state index in [0.717, 1.165) is 0 Å². The molecule has 118 valence electrons. The average Bonchev–Trinajstić information content (AvgIpc) is 3.01. The van der Waals surface area contributed by atoms with Gasteiger partial charge in [-0.05, 0) is 18.8 Å². The smallest absolute Gasteiger partial charge is 0.350 e. The molecule has 1 aliphatic carbocycles. The summed E-state index contributed by atoms with van der Waals surface area (Å²) in [6.45, 7) is 2.01. The first-order chi connectivity index (χ1) is 9.92. The molecule has 0 aromatic rings. The van der Waals surface area contributed by atoms with Crippen molar-refractivity contribution in [2.75, 3.05) is 21.3 Å². The zero-order valence-electron chi connectivity index (χ0n) is 12.6. The van der Waals surface area contributed by atoms with Crippen molar-refractivity contribution >= 4 is 17.9 Å². The molecule has 21 heavy (non-hydrogen) atoms. The van der Waals surface area contributed by atoms with Crippen molar-refractivity contribution in [2.24, 2.45) is 17.8 Å². The Morgan fingerprint density at radius 3 is 2.05 bits per heavy atom. The molecule has 1 saturated heterocycles. The minimum Gasteiger partial charge on any atom is -0.467 e. The first kappa shape index (κ1) is 15.8. The van der Waals surface area contributed by atoms with Gasteiger partial charge < -0.3 is 18.9 Å². The summed E-state index contributed by atoms with van der Waals surface area (Å²) in [5.74, 6) is -2.68. The Morgan fingerprint density at radius 1 is 1.00 bits per heavy atom. The maximum absolute atomic E-state index is 12.2. The van der Waals surface area contributed by atoms with Crippen LogP contribution in [0.2, 0.25) is 0 Å². The van der Waals surface area contributed by atoms with Crippen LogP contribution in [-0.2, 0) is 33.3 Å². The van der Waals surface area contributed by atoms with Crippen LogP contribution in [0.4, 0.5) is 0 Å². The number of ether oxygens (including phenoxy) is 4. The lowest BCUT2D eigenvalue weighted by Crippen LogP contribution is -2.53. The number of hydrogen-bond donors (Lipinski definition) is 0. The van der Waals surface area contributed by atoms with Crippen molar-refractivity contribution in [1.82, 2.24) is 0 Å². The van der Waals surface area contributed by atoms with Crippen molar-refractivity contribution in [3.63, 3.8) is 0 Å². The summed E-state index contributed by atoms with van der Waals surface area (Å²) < 4.78 is 19.8. The summed E-state index contributed by atoms with van der Waals surface area (Å²) in [5, 5.41) is 0. The van der Waals surface area contributed by atoms with E-state index in [0.29, 0.717) is 12.8 Å². The molecule has 2 aliphatic rings. The minimum atomic E-state index is -1.88. The second-order valence-corrected chi connectivity index (χ2v) is 5.63. The summed E-state index contributed by atoms with van der Waals surface area (Å²) in [5.41, 5.74) is -1.88. The number of carbonyl (C=O) groups is 3. The zero-order valence-corrected chi connectivity index (χ0v) is 12.6. The van der Waals surface area contributed by atoms with Crippen LogP contribution in [0.1, 0.15) is 19.8 Å². The summed E-state index contributed by atoms with van der Waals surface area (Å²) in [6, 6.07) is 0.